The Morgan fingerprint density at radius 1 is 1.36 bits per heavy atom. The van der Waals surface area contributed by atoms with Gasteiger partial charge in [0.15, 0.2) is 5.78 Å². The van der Waals surface area contributed by atoms with Crippen LogP contribution in [0.5, 0.6) is 0 Å². The number of halogens is 1. The van der Waals surface area contributed by atoms with Crippen molar-refractivity contribution in [2.45, 2.75) is 6.42 Å². The Balaban J connectivity index is 2.03. The van der Waals surface area contributed by atoms with Crippen molar-refractivity contribution < 1.29 is 4.79 Å². The second-order valence-electron chi connectivity index (χ2n) is 3.62. The minimum absolute atomic E-state index is 0.177. The molecule has 1 unspecified atom stereocenters. The van der Waals surface area contributed by atoms with Gasteiger partial charge in [0.05, 0.1) is 6.54 Å². The van der Waals surface area contributed by atoms with Crippen molar-refractivity contribution >= 4 is 21.7 Å². The lowest BCUT2D eigenvalue weighted by Crippen LogP contribution is -2.14. The molecular weight excluding hydrogens is 242 g/mol. The van der Waals surface area contributed by atoms with E-state index in [0.29, 0.717) is 12.3 Å². The molecule has 0 spiro atoms. The summed E-state index contributed by atoms with van der Waals surface area (Å²) in [6.45, 7) is 1.37. The molecule has 0 saturated carbocycles. The number of rotatable bonds is 2. The first-order valence-electron chi connectivity index (χ1n) is 4.73. The molecule has 2 nitrogen and oxygen atoms in total. The Hall–Kier alpha value is -0.670. The van der Waals surface area contributed by atoms with E-state index in [0.717, 1.165) is 17.4 Å². The van der Waals surface area contributed by atoms with Crippen molar-refractivity contribution in [3.05, 3.63) is 34.3 Å². The van der Waals surface area contributed by atoms with E-state index in [1.165, 1.54) is 5.56 Å². The van der Waals surface area contributed by atoms with Crippen molar-refractivity contribution in [1.29, 1.82) is 0 Å². The van der Waals surface area contributed by atoms with E-state index in [2.05, 4.69) is 33.4 Å². The molecule has 14 heavy (non-hydrogen) atoms. The second kappa shape index (κ2) is 4.24. The smallest absolute Gasteiger partial charge is 0.151 e. The second-order valence-corrected chi connectivity index (χ2v) is 4.54. The summed E-state index contributed by atoms with van der Waals surface area (Å²) in [5.74, 6) is 0.518. The van der Waals surface area contributed by atoms with Gasteiger partial charge in [0.1, 0.15) is 0 Å². The van der Waals surface area contributed by atoms with Gasteiger partial charge in [-0.25, -0.2) is 0 Å². The van der Waals surface area contributed by atoms with Crippen molar-refractivity contribution in [3.63, 3.8) is 0 Å². The zero-order chi connectivity index (χ0) is 9.97. The molecule has 1 aliphatic heterocycles. The Bertz CT molecular complexity index is 334. The average Bonchev–Trinajstić information content (AvgIpc) is 2.56. The highest BCUT2D eigenvalue weighted by atomic mass is 79.9. The molecule has 1 N–H and O–H groups in total. The minimum Gasteiger partial charge on any atom is -0.309 e. The molecule has 1 aliphatic rings. The maximum Gasteiger partial charge on any atom is 0.151 e. The summed E-state index contributed by atoms with van der Waals surface area (Å²) in [5.41, 5.74) is 1.23. The molecule has 1 fully saturated rings. The number of hydrogen-bond donors (Lipinski definition) is 1. The van der Waals surface area contributed by atoms with Crippen LogP contribution in [0.4, 0.5) is 0 Å². The first kappa shape index (κ1) is 9.87. The quantitative estimate of drug-likeness (QED) is 0.871. The van der Waals surface area contributed by atoms with Crippen molar-refractivity contribution in [2.75, 3.05) is 13.1 Å². The fourth-order valence-corrected chi connectivity index (χ4v) is 1.98. The Morgan fingerprint density at radius 3 is 2.64 bits per heavy atom. The number of Topliss-reactive ketones (excluding diaryl/α,β-unsaturated/α-hetero) is 1. The summed E-state index contributed by atoms with van der Waals surface area (Å²) in [5, 5.41) is 3.09. The molecular formula is C11H12BrNO. The maximum absolute atomic E-state index is 11.4. The normalized spacial score (nSPS) is 21.5. The molecule has 0 aromatic heterocycles. The summed E-state index contributed by atoms with van der Waals surface area (Å²) in [4.78, 5) is 11.4. The van der Waals surface area contributed by atoms with Crippen LogP contribution >= 0.6 is 15.9 Å². The Kier molecular flexibility index (Phi) is 2.99. The third-order valence-corrected chi connectivity index (χ3v) is 3.07. The molecule has 0 radical (unpaired) electrons. The van der Waals surface area contributed by atoms with Crippen LogP contribution in [0.2, 0.25) is 0 Å². The van der Waals surface area contributed by atoms with Gasteiger partial charge < -0.3 is 5.32 Å². The van der Waals surface area contributed by atoms with E-state index in [-0.39, 0.29) is 5.92 Å². The predicted molar refractivity (Wildman–Crippen MR) is 59.2 cm³/mol. The number of hydrogen-bond acceptors (Lipinski definition) is 2. The van der Waals surface area contributed by atoms with Crippen LogP contribution in [-0.2, 0) is 11.2 Å². The average molecular weight is 254 g/mol. The lowest BCUT2D eigenvalue weighted by molar-refractivity contribution is -0.119. The van der Waals surface area contributed by atoms with Crippen LogP contribution in [0, 0.1) is 5.92 Å². The molecule has 1 aromatic carbocycles. The Labute approximate surface area is 91.8 Å². The number of carbonyl (C=O) groups excluding carboxylic acids is 1. The molecule has 0 amide bonds. The molecule has 0 aliphatic carbocycles. The molecule has 1 heterocycles. The van der Waals surface area contributed by atoms with Gasteiger partial charge in [0.25, 0.3) is 0 Å². The lowest BCUT2D eigenvalue weighted by Gasteiger charge is -2.06. The predicted octanol–water partition coefficient (Wildman–Crippen LogP) is 1.78. The van der Waals surface area contributed by atoms with Gasteiger partial charge in [-0.05, 0) is 24.1 Å². The highest BCUT2D eigenvalue weighted by molar-refractivity contribution is 9.10. The zero-order valence-corrected chi connectivity index (χ0v) is 9.38. The molecule has 74 valence electrons. The van der Waals surface area contributed by atoms with E-state index in [1.807, 2.05) is 12.1 Å². The molecule has 1 saturated heterocycles. The van der Waals surface area contributed by atoms with Gasteiger partial charge >= 0.3 is 0 Å². The van der Waals surface area contributed by atoms with Gasteiger partial charge in [-0.2, -0.15) is 0 Å². The van der Waals surface area contributed by atoms with Gasteiger partial charge in [-0.15, -0.1) is 0 Å². The fourth-order valence-electron chi connectivity index (χ4n) is 1.72. The summed E-state index contributed by atoms with van der Waals surface area (Å²) < 4.78 is 1.08. The lowest BCUT2D eigenvalue weighted by atomic mass is 9.98. The van der Waals surface area contributed by atoms with Crippen molar-refractivity contribution in [3.8, 4) is 0 Å². The van der Waals surface area contributed by atoms with E-state index >= 15 is 0 Å². The van der Waals surface area contributed by atoms with Gasteiger partial charge in [0, 0.05) is 16.9 Å². The topological polar surface area (TPSA) is 29.1 Å². The van der Waals surface area contributed by atoms with Crippen LogP contribution in [0.1, 0.15) is 5.56 Å². The number of carbonyl (C=O) groups is 1. The van der Waals surface area contributed by atoms with Crippen molar-refractivity contribution in [2.24, 2.45) is 5.92 Å². The standard InChI is InChI=1S/C11H12BrNO/c12-10-3-1-8(2-4-10)5-9-6-13-7-11(9)14/h1-4,9,13H,5-7H2. The molecule has 2 rings (SSSR count). The van der Waals surface area contributed by atoms with E-state index in [4.69, 9.17) is 0 Å². The van der Waals surface area contributed by atoms with Crippen LogP contribution < -0.4 is 5.32 Å². The zero-order valence-electron chi connectivity index (χ0n) is 7.79. The van der Waals surface area contributed by atoms with Crippen LogP contribution in [0.15, 0.2) is 28.7 Å². The molecule has 0 bridgehead atoms. The van der Waals surface area contributed by atoms with Gasteiger partial charge in [0.2, 0.25) is 0 Å². The van der Waals surface area contributed by atoms with Gasteiger partial charge in [-0.1, -0.05) is 28.1 Å². The molecule has 1 aromatic rings. The number of nitrogens with one attached hydrogen (secondary N) is 1. The third kappa shape index (κ3) is 2.22. The summed E-state index contributed by atoms with van der Waals surface area (Å²) in [7, 11) is 0. The molecule has 3 heteroatoms. The van der Waals surface area contributed by atoms with E-state index < -0.39 is 0 Å². The monoisotopic (exact) mass is 253 g/mol. The highest BCUT2D eigenvalue weighted by Gasteiger charge is 2.23. The summed E-state index contributed by atoms with van der Waals surface area (Å²) >= 11 is 3.39. The number of benzene rings is 1. The Morgan fingerprint density at radius 2 is 2.07 bits per heavy atom. The minimum atomic E-state index is 0.177. The first-order valence-corrected chi connectivity index (χ1v) is 5.53. The van der Waals surface area contributed by atoms with Crippen molar-refractivity contribution in [1.82, 2.24) is 5.32 Å². The van der Waals surface area contributed by atoms with Gasteiger partial charge in [-0.3, -0.25) is 4.79 Å². The maximum atomic E-state index is 11.4. The third-order valence-electron chi connectivity index (χ3n) is 2.54. The van der Waals surface area contributed by atoms with Crippen LogP contribution in [0.25, 0.3) is 0 Å². The van der Waals surface area contributed by atoms with E-state index in [9.17, 15) is 4.79 Å². The van der Waals surface area contributed by atoms with Crippen LogP contribution in [0.3, 0.4) is 0 Å². The largest absolute Gasteiger partial charge is 0.309 e. The van der Waals surface area contributed by atoms with E-state index in [1.54, 1.807) is 0 Å². The fraction of sp³-hybridized carbons (Fsp3) is 0.364. The summed E-state index contributed by atoms with van der Waals surface area (Å²) in [6.07, 6.45) is 0.860. The summed E-state index contributed by atoms with van der Waals surface area (Å²) in [6, 6.07) is 8.16. The molecule has 1 atom stereocenters. The highest BCUT2D eigenvalue weighted by Crippen LogP contribution is 2.15. The van der Waals surface area contributed by atoms with Crippen LogP contribution in [-0.4, -0.2) is 18.9 Å². The number of ketones is 1. The first-order chi connectivity index (χ1) is 6.75. The SMILES string of the molecule is O=C1CNCC1Cc1ccc(Br)cc1.